The first-order valence-corrected chi connectivity index (χ1v) is 6.69. The number of aliphatic hydroxyl groups excluding tert-OH is 1. The number of hydrogen-bond acceptors (Lipinski definition) is 4. The zero-order valence-corrected chi connectivity index (χ0v) is 10.6. The lowest BCUT2D eigenvalue weighted by molar-refractivity contribution is -0.0680. The molecule has 2 rings (SSSR count). The molecule has 1 N–H and O–H groups in total. The summed E-state index contributed by atoms with van der Waals surface area (Å²) in [6.07, 6.45) is 5.52. The summed E-state index contributed by atoms with van der Waals surface area (Å²) in [5, 5.41) is 9.97. The van der Waals surface area contributed by atoms with Gasteiger partial charge in [0.05, 0.1) is 31.5 Å². The molecule has 100 valence electrons. The molecule has 0 spiro atoms. The third-order valence-electron chi connectivity index (χ3n) is 3.92. The van der Waals surface area contributed by atoms with Gasteiger partial charge in [-0.3, -0.25) is 0 Å². The van der Waals surface area contributed by atoms with Crippen LogP contribution in [0.5, 0.6) is 0 Å². The molecule has 4 atom stereocenters. The molecule has 0 amide bonds. The molecule has 1 saturated heterocycles. The van der Waals surface area contributed by atoms with E-state index in [1.807, 2.05) is 0 Å². The predicted molar refractivity (Wildman–Crippen MR) is 63.9 cm³/mol. The highest BCUT2D eigenvalue weighted by Gasteiger charge is 2.27. The number of methoxy groups -OCH3 is 1. The first-order chi connectivity index (χ1) is 8.29. The van der Waals surface area contributed by atoms with Crippen LogP contribution in [0, 0.1) is 5.92 Å². The summed E-state index contributed by atoms with van der Waals surface area (Å²) in [5.74, 6) is 0.261. The van der Waals surface area contributed by atoms with Crippen LogP contribution in [0.2, 0.25) is 0 Å². The van der Waals surface area contributed by atoms with Crippen molar-refractivity contribution in [2.24, 2.45) is 5.92 Å². The van der Waals surface area contributed by atoms with Crippen molar-refractivity contribution in [2.75, 3.05) is 26.9 Å². The molecule has 4 heteroatoms. The Bertz CT molecular complexity index is 215. The van der Waals surface area contributed by atoms with Gasteiger partial charge >= 0.3 is 0 Å². The molecule has 1 heterocycles. The minimum absolute atomic E-state index is 0.255. The van der Waals surface area contributed by atoms with Gasteiger partial charge in [0, 0.05) is 19.6 Å². The van der Waals surface area contributed by atoms with E-state index in [0.717, 1.165) is 38.7 Å². The van der Waals surface area contributed by atoms with E-state index in [0.29, 0.717) is 19.3 Å². The standard InChI is InChI=1S/C13H24O4/c1-15-11-3-2-4-12(7-11)17-9-13(14)10-5-6-16-8-10/h10-14H,2-9H2,1H3. The van der Waals surface area contributed by atoms with E-state index in [4.69, 9.17) is 14.2 Å². The van der Waals surface area contributed by atoms with Crippen LogP contribution in [0.3, 0.4) is 0 Å². The molecule has 4 unspecified atom stereocenters. The van der Waals surface area contributed by atoms with Gasteiger partial charge in [0.2, 0.25) is 0 Å². The van der Waals surface area contributed by atoms with Crippen LogP contribution in [0.15, 0.2) is 0 Å². The molecular weight excluding hydrogens is 220 g/mol. The zero-order valence-electron chi connectivity index (χ0n) is 10.6. The molecule has 4 nitrogen and oxygen atoms in total. The van der Waals surface area contributed by atoms with Crippen LogP contribution in [-0.2, 0) is 14.2 Å². The Kier molecular flexibility index (Phi) is 5.22. The zero-order chi connectivity index (χ0) is 12.1. The maximum absolute atomic E-state index is 9.97. The minimum Gasteiger partial charge on any atom is -0.390 e. The maximum Gasteiger partial charge on any atom is 0.0824 e. The smallest absolute Gasteiger partial charge is 0.0824 e. The molecule has 2 aliphatic rings. The third kappa shape index (κ3) is 3.91. The Morgan fingerprint density at radius 3 is 2.82 bits per heavy atom. The summed E-state index contributed by atoms with van der Waals surface area (Å²) in [6, 6.07) is 0. The number of rotatable bonds is 5. The van der Waals surface area contributed by atoms with Gasteiger partial charge in [0.15, 0.2) is 0 Å². The molecule has 1 aliphatic heterocycles. The van der Waals surface area contributed by atoms with Gasteiger partial charge in [0.1, 0.15) is 0 Å². The molecule has 0 aromatic heterocycles. The first kappa shape index (κ1) is 13.3. The van der Waals surface area contributed by atoms with E-state index in [2.05, 4.69) is 0 Å². The van der Waals surface area contributed by atoms with Crippen LogP contribution < -0.4 is 0 Å². The fourth-order valence-corrected chi connectivity index (χ4v) is 2.69. The molecule has 2 fully saturated rings. The second-order valence-electron chi connectivity index (χ2n) is 5.17. The fourth-order valence-electron chi connectivity index (χ4n) is 2.69. The van der Waals surface area contributed by atoms with Gasteiger partial charge in [-0.15, -0.1) is 0 Å². The number of hydrogen-bond donors (Lipinski definition) is 1. The van der Waals surface area contributed by atoms with E-state index < -0.39 is 0 Å². The fraction of sp³-hybridized carbons (Fsp3) is 1.00. The van der Waals surface area contributed by atoms with Crippen molar-refractivity contribution in [3.63, 3.8) is 0 Å². The van der Waals surface area contributed by atoms with E-state index in [9.17, 15) is 5.11 Å². The quantitative estimate of drug-likeness (QED) is 0.793. The summed E-state index contributed by atoms with van der Waals surface area (Å²) < 4.78 is 16.4. The minimum atomic E-state index is -0.375. The van der Waals surface area contributed by atoms with Gasteiger partial charge in [-0.1, -0.05) is 0 Å². The van der Waals surface area contributed by atoms with Crippen molar-refractivity contribution in [3.8, 4) is 0 Å². The third-order valence-corrected chi connectivity index (χ3v) is 3.92. The normalized spacial score (nSPS) is 36.0. The Morgan fingerprint density at radius 2 is 2.12 bits per heavy atom. The summed E-state index contributed by atoms with van der Waals surface area (Å²) in [5.41, 5.74) is 0. The summed E-state index contributed by atoms with van der Waals surface area (Å²) in [4.78, 5) is 0. The highest BCUT2D eigenvalue weighted by Crippen LogP contribution is 2.24. The Labute approximate surface area is 103 Å². The lowest BCUT2D eigenvalue weighted by Crippen LogP contribution is -2.32. The van der Waals surface area contributed by atoms with Gasteiger partial charge in [-0.05, 0) is 32.1 Å². The SMILES string of the molecule is COC1CCCC(OCC(O)C2CCOC2)C1. The van der Waals surface area contributed by atoms with E-state index in [1.165, 1.54) is 0 Å². The van der Waals surface area contributed by atoms with Gasteiger partial charge in [-0.2, -0.15) is 0 Å². The molecule has 0 aromatic rings. The van der Waals surface area contributed by atoms with E-state index in [-0.39, 0.29) is 18.1 Å². The van der Waals surface area contributed by atoms with Crippen molar-refractivity contribution in [1.29, 1.82) is 0 Å². The molecule has 0 bridgehead atoms. The van der Waals surface area contributed by atoms with Crippen LogP contribution in [0.25, 0.3) is 0 Å². The highest BCUT2D eigenvalue weighted by atomic mass is 16.5. The second kappa shape index (κ2) is 6.69. The summed E-state index contributed by atoms with van der Waals surface area (Å²) >= 11 is 0. The summed E-state index contributed by atoms with van der Waals surface area (Å²) in [6.45, 7) is 1.89. The lowest BCUT2D eigenvalue weighted by atomic mass is 9.94. The molecule has 1 aliphatic carbocycles. The van der Waals surface area contributed by atoms with Crippen LogP contribution in [0.1, 0.15) is 32.1 Å². The molecule has 0 radical (unpaired) electrons. The Morgan fingerprint density at radius 1 is 1.29 bits per heavy atom. The van der Waals surface area contributed by atoms with Crippen LogP contribution >= 0.6 is 0 Å². The van der Waals surface area contributed by atoms with Crippen molar-refractivity contribution >= 4 is 0 Å². The van der Waals surface area contributed by atoms with Crippen LogP contribution in [-0.4, -0.2) is 50.3 Å². The Balaban J connectivity index is 1.66. The van der Waals surface area contributed by atoms with E-state index in [1.54, 1.807) is 7.11 Å². The molecule has 17 heavy (non-hydrogen) atoms. The highest BCUT2D eigenvalue weighted by molar-refractivity contribution is 4.76. The largest absolute Gasteiger partial charge is 0.390 e. The number of ether oxygens (including phenoxy) is 3. The Hall–Kier alpha value is -0.160. The van der Waals surface area contributed by atoms with Crippen molar-refractivity contribution < 1.29 is 19.3 Å². The maximum atomic E-state index is 9.97. The van der Waals surface area contributed by atoms with Gasteiger partial charge in [-0.25, -0.2) is 0 Å². The molecule has 1 saturated carbocycles. The topological polar surface area (TPSA) is 47.9 Å². The van der Waals surface area contributed by atoms with Gasteiger partial charge in [0.25, 0.3) is 0 Å². The average molecular weight is 244 g/mol. The predicted octanol–water partition coefficient (Wildman–Crippen LogP) is 1.36. The average Bonchev–Trinajstić information content (AvgIpc) is 2.90. The van der Waals surface area contributed by atoms with Gasteiger partial charge < -0.3 is 19.3 Å². The van der Waals surface area contributed by atoms with Crippen LogP contribution in [0.4, 0.5) is 0 Å². The number of aliphatic hydroxyl groups is 1. The van der Waals surface area contributed by atoms with Crippen molar-refractivity contribution in [1.82, 2.24) is 0 Å². The lowest BCUT2D eigenvalue weighted by Gasteiger charge is -2.29. The van der Waals surface area contributed by atoms with E-state index >= 15 is 0 Å². The van der Waals surface area contributed by atoms with Crippen molar-refractivity contribution in [3.05, 3.63) is 0 Å². The monoisotopic (exact) mass is 244 g/mol. The molecule has 0 aromatic carbocycles. The van der Waals surface area contributed by atoms with Crippen molar-refractivity contribution in [2.45, 2.75) is 50.4 Å². The second-order valence-corrected chi connectivity index (χ2v) is 5.17. The summed E-state index contributed by atoms with van der Waals surface area (Å²) in [7, 11) is 1.76. The first-order valence-electron chi connectivity index (χ1n) is 6.69. The molecular formula is C13H24O4.